The molecule has 5 nitrogen and oxygen atoms in total. The van der Waals surface area contributed by atoms with E-state index in [1.807, 2.05) is 73.5 Å². The van der Waals surface area contributed by atoms with E-state index in [0.29, 0.717) is 12.2 Å². The lowest BCUT2D eigenvalue weighted by atomic mass is 9.95. The zero-order valence-corrected chi connectivity index (χ0v) is 15.7. The molecule has 0 bridgehead atoms. The highest BCUT2D eigenvalue weighted by Crippen LogP contribution is 2.37. The zero-order chi connectivity index (χ0) is 18.9. The molecule has 1 aliphatic rings. The van der Waals surface area contributed by atoms with Crippen molar-refractivity contribution in [1.82, 2.24) is 4.90 Å². The highest BCUT2D eigenvalue weighted by molar-refractivity contribution is 6.15. The van der Waals surface area contributed by atoms with Crippen LogP contribution in [0, 0.1) is 0 Å². The molecule has 0 saturated carbocycles. The fourth-order valence-electron chi connectivity index (χ4n) is 3.23. The van der Waals surface area contributed by atoms with Gasteiger partial charge in [-0.05, 0) is 45.5 Å². The van der Waals surface area contributed by atoms with Crippen LogP contribution in [-0.2, 0) is 16.1 Å². The van der Waals surface area contributed by atoms with Gasteiger partial charge in [-0.2, -0.15) is 0 Å². The molecule has 2 aromatic carbocycles. The average molecular weight is 351 g/mol. The summed E-state index contributed by atoms with van der Waals surface area (Å²) in [6.07, 6.45) is 0. The molecular weight excluding hydrogens is 326 g/mol. The lowest BCUT2D eigenvalue weighted by Gasteiger charge is -2.44. The van der Waals surface area contributed by atoms with Gasteiger partial charge >= 0.3 is 0 Å². The summed E-state index contributed by atoms with van der Waals surface area (Å²) in [4.78, 5) is 29.6. The summed E-state index contributed by atoms with van der Waals surface area (Å²) < 4.78 is 0. The van der Waals surface area contributed by atoms with Crippen LogP contribution >= 0.6 is 0 Å². The quantitative estimate of drug-likeness (QED) is 0.920. The average Bonchev–Trinajstić information content (AvgIpc) is 2.62. The summed E-state index contributed by atoms with van der Waals surface area (Å²) in [5.74, 6) is -0.266. The minimum absolute atomic E-state index is 0.0873. The molecule has 1 aliphatic heterocycles. The van der Waals surface area contributed by atoms with Crippen LogP contribution in [0.25, 0.3) is 0 Å². The summed E-state index contributed by atoms with van der Waals surface area (Å²) in [6.45, 7) is 6.10. The Morgan fingerprint density at radius 1 is 1.12 bits per heavy atom. The minimum atomic E-state index is -0.951. The van der Waals surface area contributed by atoms with Crippen molar-refractivity contribution in [2.45, 2.75) is 38.9 Å². The molecule has 136 valence electrons. The minimum Gasteiger partial charge on any atom is -0.322 e. The van der Waals surface area contributed by atoms with Crippen molar-refractivity contribution in [3.63, 3.8) is 0 Å². The van der Waals surface area contributed by atoms with Crippen LogP contribution < -0.4 is 10.2 Å². The molecule has 3 rings (SSSR count). The first kappa shape index (κ1) is 18.1. The molecule has 0 spiro atoms. The summed E-state index contributed by atoms with van der Waals surface area (Å²) in [5.41, 5.74) is 1.60. The first-order chi connectivity index (χ1) is 12.3. The molecule has 0 unspecified atom stereocenters. The molecule has 0 fully saturated rings. The van der Waals surface area contributed by atoms with Crippen LogP contribution in [0.4, 0.5) is 11.4 Å². The number of hydrogen-bond donors (Lipinski definition) is 1. The van der Waals surface area contributed by atoms with E-state index in [9.17, 15) is 9.59 Å². The third kappa shape index (κ3) is 3.22. The summed E-state index contributed by atoms with van der Waals surface area (Å²) in [5, 5.41) is 2.90. The van der Waals surface area contributed by atoms with Gasteiger partial charge in [-0.25, -0.2) is 0 Å². The molecular formula is C21H25N3O2. The van der Waals surface area contributed by atoms with Gasteiger partial charge < -0.3 is 5.32 Å². The lowest BCUT2D eigenvalue weighted by molar-refractivity contribution is -0.129. The number of carbonyl (C=O) groups is 2. The Bertz CT molecular complexity index is 817. The Balaban J connectivity index is 1.88. The van der Waals surface area contributed by atoms with Crippen LogP contribution in [0.2, 0.25) is 0 Å². The van der Waals surface area contributed by atoms with E-state index in [1.165, 1.54) is 0 Å². The van der Waals surface area contributed by atoms with E-state index in [0.717, 1.165) is 11.3 Å². The smallest absolute Gasteiger partial charge is 0.250 e. The maximum Gasteiger partial charge on any atom is 0.250 e. The summed E-state index contributed by atoms with van der Waals surface area (Å²) in [6, 6.07) is 17.1. The van der Waals surface area contributed by atoms with Crippen LogP contribution in [0.15, 0.2) is 54.6 Å². The fourth-order valence-corrected chi connectivity index (χ4v) is 3.23. The predicted molar refractivity (Wildman–Crippen MR) is 104 cm³/mol. The van der Waals surface area contributed by atoms with Crippen LogP contribution in [0.5, 0.6) is 0 Å². The summed E-state index contributed by atoms with van der Waals surface area (Å²) >= 11 is 0. The molecule has 0 aliphatic carbocycles. The Morgan fingerprint density at radius 2 is 1.73 bits per heavy atom. The summed E-state index contributed by atoms with van der Waals surface area (Å²) in [7, 11) is 1.93. The SMILES string of the molecule is C[C@@H](C(=O)N1c2ccccc2NC(=O)C1(C)C)N(C)Cc1ccccc1. The van der Waals surface area contributed by atoms with E-state index >= 15 is 0 Å². The molecule has 0 aromatic heterocycles. The molecule has 26 heavy (non-hydrogen) atoms. The maximum absolute atomic E-state index is 13.4. The molecule has 1 atom stereocenters. The van der Waals surface area contributed by atoms with Gasteiger partial charge in [0.25, 0.3) is 0 Å². The highest BCUT2D eigenvalue weighted by atomic mass is 16.2. The molecule has 0 saturated heterocycles. The standard InChI is InChI=1S/C21H25N3O2/c1-15(23(4)14-16-10-6-5-7-11-16)19(25)24-18-13-9-8-12-17(18)22-20(26)21(24,2)3/h5-13,15H,14H2,1-4H3,(H,22,26)/t15-/m0/s1. The molecule has 0 radical (unpaired) electrons. The third-order valence-corrected chi connectivity index (χ3v) is 5.02. The second kappa shape index (κ2) is 6.92. The van der Waals surface area contributed by atoms with Crippen LogP contribution in [0.1, 0.15) is 26.3 Å². The lowest BCUT2D eigenvalue weighted by Crippen LogP contribution is -2.61. The van der Waals surface area contributed by atoms with Crippen molar-refractivity contribution in [2.75, 3.05) is 17.3 Å². The predicted octanol–water partition coefficient (Wildman–Crippen LogP) is 3.27. The second-order valence-corrected chi connectivity index (χ2v) is 7.28. The Morgan fingerprint density at radius 3 is 2.42 bits per heavy atom. The zero-order valence-electron chi connectivity index (χ0n) is 15.7. The third-order valence-electron chi connectivity index (χ3n) is 5.02. The molecule has 2 amide bonds. The van der Waals surface area contributed by atoms with Crippen LogP contribution in [-0.4, -0.2) is 35.3 Å². The van der Waals surface area contributed by atoms with Gasteiger partial charge in [0.1, 0.15) is 5.54 Å². The number of nitrogens with zero attached hydrogens (tertiary/aromatic N) is 2. The largest absolute Gasteiger partial charge is 0.322 e. The van der Waals surface area contributed by atoms with Gasteiger partial charge in [0.05, 0.1) is 17.4 Å². The first-order valence-electron chi connectivity index (χ1n) is 8.81. The number of likely N-dealkylation sites (N-methyl/N-ethyl adjacent to an activating group) is 1. The fraction of sp³-hybridized carbons (Fsp3) is 0.333. The molecule has 1 N–H and O–H groups in total. The van der Waals surface area contributed by atoms with Gasteiger partial charge in [0.15, 0.2) is 0 Å². The molecule has 2 aromatic rings. The number of anilines is 2. The van der Waals surface area contributed by atoms with Crippen molar-refractivity contribution >= 4 is 23.2 Å². The number of nitrogens with one attached hydrogen (secondary N) is 1. The van der Waals surface area contributed by atoms with Crippen molar-refractivity contribution in [1.29, 1.82) is 0 Å². The highest BCUT2D eigenvalue weighted by Gasteiger charge is 2.45. The number of amides is 2. The van der Waals surface area contributed by atoms with Crippen molar-refractivity contribution in [3.05, 3.63) is 60.2 Å². The van der Waals surface area contributed by atoms with E-state index in [-0.39, 0.29) is 17.9 Å². The van der Waals surface area contributed by atoms with E-state index in [2.05, 4.69) is 5.32 Å². The van der Waals surface area contributed by atoms with Gasteiger partial charge in [-0.15, -0.1) is 0 Å². The van der Waals surface area contributed by atoms with Crippen molar-refractivity contribution < 1.29 is 9.59 Å². The Hall–Kier alpha value is -2.66. The normalized spacial score (nSPS) is 16.8. The van der Waals surface area contributed by atoms with E-state index in [4.69, 9.17) is 0 Å². The number of carbonyl (C=O) groups excluding carboxylic acids is 2. The number of benzene rings is 2. The van der Waals surface area contributed by atoms with E-state index < -0.39 is 5.54 Å². The first-order valence-corrected chi connectivity index (χ1v) is 8.81. The molecule has 1 heterocycles. The Labute approximate surface area is 154 Å². The monoisotopic (exact) mass is 351 g/mol. The second-order valence-electron chi connectivity index (χ2n) is 7.28. The van der Waals surface area contributed by atoms with Gasteiger partial charge in [-0.1, -0.05) is 42.5 Å². The van der Waals surface area contributed by atoms with Gasteiger partial charge in [-0.3, -0.25) is 19.4 Å². The number of hydrogen-bond acceptors (Lipinski definition) is 3. The molecule has 5 heteroatoms. The van der Waals surface area contributed by atoms with Crippen molar-refractivity contribution in [3.8, 4) is 0 Å². The van der Waals surface area contributed by atoms with Gasteiger partial charge in [0.2, 0.25) is 11.8 Å². The van der Waals surface area contributed by atoms with Gasteiger partial charge in [0, 0.05) is 6.54 Å². The van der Waals surface area contributed by atoms with Crippen molar-refractivity contribution in [2.24, 2.45) is 0 Å². The number of rotatable bonds is 4. The van der Waals surface area contributed by atoms with E-state index in [1.54, 1.807) is 18.7 Å². The number of para-hydroxylation sites is 2. The maximum atomic E-state index is 13.4. The van der Waals surface area contributed by atoms with Crippen LogP contribution in [0.3, 0.4) is 0 Å². The topological polar surface area (TPSA) is 52.7 Å². The number of fused-ring (bicyclic) bond motifs is 1. The Kier molecular flexibility index (Phi) is 4.83.